The van der Waals surface area contributed by atoms with Crippen molar-refractivity contribution in [3.05, 3.63) is 71.8 Å². The van der Waals surface area contributed by atoms with Crippen molar-refractivity contribution in [1.29, 1.82) is 0 Å². The normalized spacial score (nSPS) is 11.0. The van der Waals surface area contributed by atoms with E-state index in [0.29, 0.717) is 12.5 Å². The average molecular weight is 267 g/mol. The SMILES string of the molecule is CC(=O)CN(C)CC(c1ccccc1)c1ccccc1. The number of rotatable bonds is 6. The van der Waals surface area contributed by atoms with Crippen molar-refractivity contribution in [2.24, 2.45) is 0 Å². The smallest absolute Gasteiger partial charge is 0.143 e. The van der Waals surface area contributed by atoms with E-state index in [-0.39, 0.29) is 5.78 Å². The predicted molar refractivity (Wildman–Crippen MR) is 82.9 cm³/mol. The minimum atomic E-state index is 0.201. The average Bonchev–Trinajstić information content (AvgIpc) is 2.46. The van der Waals surface area contributed by atoms with Gasteiger partial charge in [0.25, 0.3) is 0 Å². The van der Waals surface area contributed by atoms with Crippen LogP contribution in [0, 0.1) is 0 Å². The fourth-order valence-electron chi connectivity index (χ4n) is 2.53. The molecule has 0 heterocycles. The van der Waals surface area contributed by atoms with Crippen LogP contribution in [0.4, 0.5) is 0 Å². The number of carbonyl (C=O) groups is 1. The van der Waals surface area contributed by atoms with E-state index in [1.54, 1.807) is 6.92 Å². The van der Waals surface area contributed by atoms with E-state index in [4.69, 9.17) is 0 Å². The molecular formula is C18H21NO. The molecule has 0 N–H and O–H groups in total. The summed E-state index contributed by atoms with van der Waals surface area (Å²) in [5.41, 5.74) is 2.57. The highest BCUT2D eigenvalue weighted by atomic mass is 16.1. The number of hydrogen-bond donors (Lipinski definition) is 0. The summed E-state index contributed by atoms with van der Waals surface area (Å²) in [7, 11) is 2.00. The standard InChI is InChI=1S/C18H21NO/c1-15(20)13-19(2)14-18(16-9-5-3-6-10-16)17-11-7-4-8-12-17/h3-12,18H,13-14H2,1-2H3. The lowest BCUT2D eigenvalue weighted by Crippen LogP contribution is -2.29. The third-order valence-corrected chi connectivity index (χ3v) is 3.39. The number of likely N-dealkylation sites (N-methyl/N-ethyl adjacent to an activating group) is 1. The lowest BCUT2D eigenvalue weighted by molar-refractivity contribution is -0.117. The first-order chi connectivity index (χ1) is 9.66. The van der Waals surface area contributed by atoms with Crippen LogP contribution in [0.15, 0.2) is 60.7 Å². The van der Waals surface area contributed by atoms with Gasteiger partial charge in [-0.05, 0) is 25.1 Å². The van der Waals surface area contributed by atoms with E-state index in [0.717, 1.165) is 6.54 Å². The van der Waals surface area contributed by atoms with Crippen LogP contribution in [-0.2, 0) is 4.79 Å². The second-order valence-electron chi connectivity index (χ2n) is 5.27. The molecule has 104 valence electrons. The topological polar surface area (TPSA) is 20.3 Å². The molecule has 0 radical (unpaired) electrons. The molecule has 0 saturated heterocycles. The highest BCUT2D eigenvalue weighted by molar-refractivity contribution is 5.77. The molecule has 2 rings (SSSR count). The lowest BCUT2D eigenvalue weighted by Gasteiger charge is -2.24. The first-order valence-corrected chi connectivity index (χ1v) is 6.94. The number of nitrogens with zero attached hydrogens (tertiary/aromatic N) is 1. The Hall–Kier alpha value is -1.93. The zero-order valence-electron chi connectivity index (χ0n) is 12.1. The quantitative estimate of drug-likeness (QED) is 0.800. The molecule has 0 spiro atoms. The fourth-order valence-corrected chi connectivity index (χ4v) is 2.53. The Labute approximate surface area is 121 Å². The van der Waals surface area contributed by atoms with Gasteiger partial charge in [0.1, 0.15) is 5.78 Å². The maximum Gasteiger partial charge on any atom is 0.143 e. The maximum absolute atomic E-state index is 11.3. The summed E-state index contributed by atoms with van der Waals surface area (Å²) in [5.74, 6) is 0.495. The van der Waals surface area contributed by atoms with Gasteiger partial charge in [-0.1, -0.05) is 60.7 Å². The minimum absolute atomic E-state index is 0.201. The van der Waals surface area contributed by atoms with Gasteiger partial charge in [0.05, 0.1) is 6.54 Å². The summed E-state index contributed by atoms with van der Waals surface area (Å²) in [4.78, 5) is 13.4. The number of ketones is 1. The summed E-state index contributed by atoms with van der Waals surface area (Å²) in [6, 6.07) is 20.9. The zero-order chi connectivity index (χ0) is 14.4. The Bertz CT molecular complexity index is 496. The molecule has 0 aliphatic heterocycles. The predicted octanol–water partition coefficient (Wildman–Crippen LogP) is 3.34. The van der Waals surface area contributed by atoms with Gasteiger partial charge in [-0.2, -0.15) is 0 Å². The van der Waals surface area contributed by atoms with E-state index < -0.39 is 0 Å². The Balaban J connectivity index is 2.24. The van der Waals surface area contributed by atoms with Crippen LogP contribution in [0.25, 0.3) is 0 Å². The van der Waals surface area contributed by atoms with Crippen LogP contribution in [0.1, 0.15) is 24.0 Å². The van der Waals surface area contributed by atoms with Crippen molar-refractivity contribution in [2.45, 2.75) is 12.8 Å². The minimum Gasteiger partial charge on any atom is -0.299 e. The Morgan fingerprint density at radius 3 is 1.80 bits per heavy atom. The second-order valence-corrected chi connectivity index (χ2v) is 5.27. The molecule has 20 heavy (non-hydrogen) atoms. The Morgan fingerprint density at radius 1 is 0.950 bits per heavy atom. The molecule has 0 atom stereocenters. The Morgan fingerprint density at radius 2 is 1.40 bits per heavy atom. The highest BCUT2D eigenvalue weighted by Crippen LogP contribution is 2.25. The van der Waals surface area contributed by atoms with Crippen molar-refractivity contribution in [3.8, 4) is 0 Å². The van der Waals surface area contributed by atoms with Gasteiger partial charge in [0.2, 0.25) is 0 Å². The van der Waals surface area contributed by atoms with Crippen LogP contribution in [0.3, 0.4) is 0 Å². The molecule has 0 unspecified atom stereocenters. The second kappa shape index (κ2) is 7.01. The van der Waals surface area contributed by atoms with E-state index >= 15 is 0 Å². The third-order valence-electron chi connectivity index (χ3n) is 3.39. The molecule has 2 aromatic carbocycles. The monoisotopic (exact) mass is 267 g/mol. The summed E-state index contributed by atoms with van der Waals surface area (Å²) < 4.78 is 0. The lowest BCUT2D eigenvalue weighted by atomic mass is 9.91. The summed E-state index contributed by atoms with van der Waals surface area (Å²) in [5, 5.41) is 0. The first kappa shape index (κ1) is 14.5. The molecule has 0 aromatic heterocycles. The zero-order valence-corrected chi connectivity index (χ0v) is 12.1. The number of carbonyl (C=O) groups excluding carboxylic acids is 1. The molecule has 0 aliphatic carbocycles. The van der Waals surface area contributed by atoms with Gasteiger partial charge in [0.15, 0.2) is 0 Å². The molecule has 0 amide bonds. The summed E-state index contributed by atoms with van der Waals surface area (Å²) >= 11 is 0. The molecular weight excluding hydrogens is 246 g/mol. The summed E-state index contributed by atoms with van der Waals surface area (Å²) in [6.45, 7) is 2.97. The molecule has 0 bridgehead atoms. The molecule has 2 nitrogen and oxygen atoms in total. The fraction of sp³-hybridized carbons (Fsp3) is 0.278. The third kappa shape index (κ3) is 4.04. The first-order valence-electron chi connectivity index (χ1n) is 6.94. The van der Waals surface area contributed by atoms with Crippen LogP contribution in [0.5, 0.6) is 0 Å². The van der Waals surface area contributed by atoms with Gasteiger partial charge in [-0.3, -0.25) is 9.69 Å². The van der Waals surface area contributed by atoms with Gasteiger partial charge in [-0.25, -0.2) is 0 Å². The van der Waals surface area contributed by atoms with Crippen molar-refractivity contribution < 1.29 is 4.79 Å². The van der Waals surface area contributed by atoms with Crippen molar-refractivity contribution in [1.82, 2.24) is 4.90 Å². The van der Waals surface area contributed by atoms with Crippen LogP contribution < -0.4 is 0 Å². The van der Waals surface area contributed by atoms with Crippen LogP contribution in [0.2, 0.25) is 0 Å². The van der Waals surface area contributed by atoms with E-state index in [1.165, 1.54) is 11.1 Å². The van der Waals surface area contributed by atoms with Gasteiger partial charge >= 0.3 is 0 Å². The molecule has 0 fully saturated rings. The van der Waals surface area contributed by atoms with E-state index in [2.05, 4.69) is 53.4 Å². The highest BCUT2D eigenvalue weighted by Gasteiger charge is 2.16. The Kier molecular flexibility index (Phi) is 5.08. The maximum atomic E-state index is 11.3. The molecule has 0 aliphatic rings. The molecule has 0 saturated carbocycles. The largest absolute Gasteiger partial charge is 0.299 e. The van der Waals surface area contributed by atoms with Gasteiger partial charge in [0, 0.05) is 12.5 Å². The van der Waals surface area contributed by atoms with E-state index in [9.17, 15) is 4.79 Å². The van der Waals surface area contributed by atoms with Crippen molar-refractivity contribution in [2.75, 3.05) is 20.1 Å². The number of hydrogen-bond acceptors (Lipinski definition) is 2. The van der Waals surface area contributed by atoms with Crippen molar-refractivity contribution in [3.63, 3.8) is 0 Å². The van der Waals surface area contributed by atoms with Crippen LogP contribution >= 0.6 is 0 Å². The molecule has 2 aromatic rings. The van der Waals surface area contributed by atoms with Crippen molar-refractivity contribution >= 4 is 5.78 Å². The summed E-state index contributed by atoms with van der Waals surface area (Å²) in [6.07, 6.45) is 0. The van der Waals surface area contributed by atoms with E-state index in [1.807, 2.05) is 19.2 Å². The van der Waals surface area contributed by atoms with Crippen LogP contribution in [-0.4, -0.2) is 30.8 Å². The number of Topliss-reactive ketones (excluding diaryl/α,β-unsaturated/α-hetero) is 1. The number of benzene rings is 2. The van der Waals surface area contributed by atoms with Gasteiger partial charge in [-0.15, -0.1) is 0 Å². The molecule has 2 heteroatoms. The van der Waals surface area contributed by atoms with Gasteiger partial charge < -0.3 is 0 Å².